The number of hydrogen-bond donors (Lipinski definition) is 2. The lowest BCUT2D eigenvalue weighted by molar-refractivity contribution is -0.00224. The lowest BCUT2D eigenvalue weighted by Gasteiger charge is -2.53. The number of likely N-dealkylation sites (tertiary alicyclic amines) is 1. The Labute approximate surface area is 224 Å². The van der Waals surface area contributed by atoms with Crippen molar-refractivity contribution in [2.75, 3.05) is 26.2 Å². The van der Waals surface area contributed by atoms with Crippen LogP contribution in [0.2, 0.25) is 0 Å². The van der Waals surface area contributed by atoms with Gasteiger partial charge in [-0.3, -0.25) is 9.69 Å². The van der Waals surface area contributed by atoms with Crippen LogP contribution in [-0.2, 0) is 16.8 Å². The molecular weight excluding hydrogens is 502 g/mol. The molecule has 1 aromatic carbocycles. The van der Waals surface area contributed by atoms with Gasteiger partial charge in [-0.05, 0) is 63.6 Å². The smallest absolute Gasteiger partial charge is 0.279 e. The fourth-order valence-corrected chi connectivity index (χ4v) is 7.64. The molecule has 2 aromatic rings. The molecule has 38 heavy (non-hydrogen) atoms. The molecule has 6 rings (SSSR count). The molecule has 3 heterocycles. The van der Waals surface area contributed by atoms with E-state index in [0.29, 0.717) is 38.3 Å². The number of piperidine rings is 1. The Morgan fingerprint density at radius 3 is 2.47 bits per heavy atom. The standard InChI is InChI=1S/C28H37N5O4S/c34-27(25-17-26(37-30-25)22-10-11-22)29-23-8-4-5-9-24(16-23)31-38(35,36)33-19-28(20-33)12-14-32(15-13-28)18-21-6-2-1-3-7-21/h1-7,17,22-24,31H,8-16,18-20H2,(H,29,34)/t23-,24-/m0/s1. The minimum atomic E-state index is -3.58. The van der Waals surface area contributed by atoms with Crippen LogP contribution in [0.15, 0.2) is 53.1 Å². The summed E-state index contributed by atoms with van der Waals surface area (Å²) in [5.74, 6) is 0.896. The first-order chi connectivity index (χ1) is 18.4. The highest BCUT2D eigenvalue weighted by atomic mass is 32.2. The molecular formula is C28H37N5O4S. The van der Waals surface area contributed by atoms with Crippen LogP contribution >= 0.6 is 0 Å². The summed E-state index contributed by atoms with van der Waals surface area (Å²) in [5.41, 5.74) is 1.71. The van der Waals surface area contributed by atoms with Crippen LogP contribution in [0.5, 0.6) is 0 Å². The molecule has 10 heteroatoms. The molecule has 2 N–H and O–H groups in total. The lowest BCUT2D eigenvalue weighted by Crippen LogP contribution is -2.64. The largest absolute Gasteiger partial charge is 0.360 e. The van der Waals surface area contributed by atoms with Crippen LogP contribution in [0.4, 0.5) is 0 Å². The molecule has 204 valence electrons. The summed E-state index contributed by atoms with van der Waals surface area (Å²) in [6.45, 7) is 4.11. The van der Waals surface area contributed by atoms with E-state index in [1.165, 1.54) is 5.56 Å². The van der Waals surface area contributed by atoms with E-state index in [4.69, 9.17) is 4.52 Å². The second-order valence-electron chi connectivity index (χ2n) is 11.6. The molecule has 0 unspecified atom stereocenters. The first kappa shape index (κ1) is 25.7. The number of rotatable bonds is 8. The second-order valence-corrected chi connectivity index (χ2v) is 13.3. The van der Waals surface area contributed by atoms with Crippen molar-refractivity contribution in [3.63, 3.8) is 0 Å². The molecule has 1 amide bonds. The van der Waals surface area contributed by atoms with Crippen LogP contribution in [0.3, 0.4) is 0 Å². The third-order valence-corrected chi connectivity index (χ3v) is 10.1. The zero-order valence-electron chi connectivity index (χ0n) is 21.7. The summed E-state index contributed by atoms with van der Waals surface area (Å²) >= 11 is 0. The molecule has 0 radical (unpaired) electrons. The zero-order chi connectivity index (χ0) is 26.2. The van der Waals surface area contributed by atoms with Crippen LogP contribution in [-0.4, -0.2) is 66.9 Å². The van der Waals surface area contributed by atoms with Gasteiger partial charge in [0.05, 0.1) is 0 Å². The quantitative estimate of drug-likeness (QED) is 0.499. The second kappa shape index (κ2) is 10.6. The van der Waals surface area contributed by atoms with Gasteiger partial charge in [-0.2, -0.15) is 17.4 Å². The SMILES string of the molecule is O=C(N[C@H]1CC=CC[C@H](NS(=O)(=O)N2CC3(CCN(Cc4ccccc4)CC3)C2)C1)c1cc(C2CC2)on1. The maximum absolute atomic E-state index is 13.2. The Hall–Kier alpha value is -2.53. The van der Waals surface area contributed by atoms with Gasteiger partial charge in [0.1, 0.15) is 5.76 Å². The van der Waals surface area contributed by atoms with Crippen molar-refractivity contribution in [2.24, 2.45) is 5.41 Å². The number of benzene rings is 1. The summed E-state index contributed by atoms with van der Waals surface area (Å²) in [4.78, 5) is 15.2. The molecule has 2 atom stereocenters. The normalized spacial score (nSPS) is 26.1. The lowest BCUT2D eigenvalue weighted by atomic mass is 9.73. The van der Waals surface area contributed by atoms with Crippen molar-refractivity contribution in [1.29, 1.82) is 0 Å². The maximum Gasteiger partial charge on any atom is 0.279 e. The Morgan fingerprint density at radius 2 is 1.76 bits per heavy atom. The molecule has 3 fully saturated rings. The zero-order valence-corrected chi connectivity index (χ0v) is 22.5. The number of amides is 1. The Kier molecular flexibility index (Phi) is 7.15. The predicted molar refractivity (Wildman–Crippen MR) is 144 cm³/mol. The molecule has 1 saturated carbocycles. The minimum absolute atomic E-state index is 0.0960. The van der Waals surface area contributed by atoms with Crippen molar-refractivity contribution in [3.05, 3.63) is 65.6 Å². The minimum Gasteiger partial charge on any atom is -0.360 e. The van der Waals surface area contributed by atoms with Crippen molar-refractivity contribution < 1.29 is 17.7 Å². The van der Waals surface area contributed by atoms with Gasteiger partial charge >= 0.3 is 0 Å². The number of aromatic nitrogens is 1. The molecule has 4 aliphatic rings. The van der Waals surface area contributed by atoms with Gasteiger partial charge in [0.25, 0.3) is 16.1 Å². The highest BCUT2D eigenvalue weighted by Gasteiger charge is 2.49. The van der Waals surface area contributed by atoms with E-state index in [0.717, 1.165) is 51.1 Å². The van der Waals surface area contributed by atoms with Crippen LogP contribution < -0.4 is 10.0 Å². The van der Waals surface area contributed by atoms with Crippen molar-refractivity contribution in [2.45, 2.75) is 69.5 Å². The summed E-state index contributed by atoms with van der Waals surface area (Å²) < 4.78 is 36.3. The third kappa shape index (κ3) is 5.88. The number of hydrogen-bond acceptors (Lipinski definition) is 6. The summed E-state index contributed by atoms with van der Waals surface area (Å²) in [5, 5.41) is 6.95. The van der Waals surface area contributed by atoms with E-state index in [2.05, 4.69) is 44.4 Å². The molecule has 1 aromatic heterocycles. The predicted octanol–water partition coefficient (Wildman–Crippen LogP) is 3.19. The molecule has 9 nitrogen and oxygen atoms in total. The van der Waals surface area contributed by atoms with Gasteiger partial charge < -0.3 is 9.84 Å². The molecule has 2 aliphatic heterocycles. The average molecular weight is 540 g/mol. The Bertz CT molecular complexity index is 1260. The molecule has 1 spiro atoms. The van der Waals surface area contributed by atoms with Gasteiger partial charge in [-0.1, -0.05) is 47.6 Å². The summed E-state index contributed by atoms with van der Waals surface area (Å²) in [6.07, 6.45) is 10.0. The van der Waals surface area contributed by atoms with E-state index < -0.39 is 10.2 Å². The Morgan fingerprint density at radius 1 is 1.05 bits per heavy atom. The molecule has 2 saturated heterocycles. The maximum atomic E-state index is 13.2. The van der Waals surface area contributed by atoms with Crippen LogP contribution in [0.1, 0.15) is 72.7 Å². The number of nitrogens with one attached hydrogen (secondary N) is 2. The van der Waals surface area contributed by atoms with Crippen molar-refractivity contribution in [1.82, 2.24) is 24.4 Å². The van der Waals surface area contributed by atoms with Crippen molar-refractivity contribution in [3.8, 4) is 0 Å². The van der Waals surface area contributed by atoms with Crippen molar-refractivity contribution >= 4 is 16.1 Å². The first-order valence-electron chi connectivity index (χ1n) is 13.8. The Balaban J connectivity index is 0.984. The van der Waals surface area contributed by atoms with E-state index in [-0.39, 0.29) is 29.1 Å². The van der Waals surface area contributed by atoms with Crippen LogP contribution in [0, 0.1) is 5.41 Å². The van der Waals surface area contributed by atoms with Gasteiger partial charge in [0.15, 0.2) is 5.69 Å². The third-order valence-electron chi connectivity index (χ3n) is 8.50. The fourth-order valence-electron chi connectivity index (χ4n) is 5.99. The average Bonchev–Trinajstić information content (AvgIpc) is 3.65. The van der Waals surface area contributed by atoms with E-state index >= 15 is 0 Å². The molecule has 2 aliphatic carbocycles. The topological polar surface area (TPSA) is 108 Å². The number of carbonyl (C=O) groups is 1. The number of nitrogens with zero attached hydrogens (tertiary/aromatic N) is 3. The summed E-state index contributed by atoms with van der Waals surface area (Å²) in [6, 6.07) is 11.8. The first-order valence-corrected chi connectivity index (χ1v) is 15.3. The van der Waals surface area contributed by atoms with Gasteiger partial charge in [0.2, 0.25) is 0 Å². The van der Waals surface area contributed by atoms with E-state index in [1.807, 2.05) is 18.2 Å². The highest BCUT2D eigenvalue weighted by molar-refractivity contribution is 7.87. The highest BCUT2D eigenvalue weighted by Crippen LogP contribution is 2.42. The number of carbonyl (C=O) groups excluding carboxylic acids is 1. The van der Waals surface area contributed by atoms with E-state index in [1.54, 1.807) is 10.4 Å². The van der Waals surface area contributed by atoms with E-state index in [9.17, 15) is 13.2 Å². The monoisotopic (exact) mass is 539 g/mol. The molecule has 0 bridgehead atoms. The fraction of sp³-hybridized carbons (Fsp3) is 0.571. The summed E-state index contributed by atoms with van der Waals surface area (Å²) in [7, 11) is -3.58. The van der Waals surface area contributed by atoms with Gasteiger partial charge in [0, 0.05) is 49.1 Å². The van der Waals surface area contributed by atoms with Gasteiger partial charge in [-0.25, -0.2) is 0 Å². The van der Waals surface area contributed by atoms with Crippen LogP contribution in [0.25, 0.3) is 0 Å². The van der Waals surface area contributed by atoms with Gasteiger partial charge in [-0.15, -0.1) is 0 Å².